The van der Waals surface area contributed by atoms with Crippen molar-refractivity contribution in [1.29, 1.82) is 0 Å². The molecule has 0 aliphatic heterocycles. The summed E-state index contributed by atoms with van der Waals surface area (Å²) >= 11 is 1.43. The van der Waals surface area contributed by atoms with Gasteiger partial charge in [0, 0.05) is 24.1 Å². The van der Waals surface area contributed by atoms with Crippen molar-refractivity contribution in [1.82, 2.24) is 10.0 Å². The molecule has 20 heavy (non-hydrogen) atoms. The highest BCUT2D eigenvalue weighted by Crippen LogP contribution is 2.24. The molecule has 0 bridgehead atoms. The van der Waals surface area contributed by atoms with E-state index in [1.165, 1.54) is 43.7 Å². The number of hydroxylamine groups is 2. The maximum Gasteiger partial charge on any atom is 0.269 e. The predicted molar refractivity (Wildman–Crippen MR) is 76.3 cm³/mol. The van der Waals surface area contributed by atoms with Crippen LogP contribution < -0.4 is 0 Å². The minimum atomic E-state index is -0.279. The first-order chi connectivity index (χ1) is 9.60. The predicted octanol–water partition coefficient (Wildman–Crippen LogP) is 2.98. The Morgan fingerprint density at radius 3 is 2.75 bits per heavy atom. The highest BCUT2D eigenvalue weighted by Gasteiger charge is 2.05. The van der Waals surface area contributed by atoms with Crippen molar-refractivity contribution in [2.24, 2.45) is 0 Å². The van der Waals surface area contributed by atoms with Gasteiger partial charge < -0.3 is 0 Å². The molecule has 0 atom stereocenters. The fourth-order valence-corrected chi connectivity index (χ4v) is 2.23. The van der Waals surface area contributed by atoms with Crippen molar-refractivity contribution in [3.63, 3.8) is 0 Å². The Hall–Kier alpha value is -2.05. The number of rotatable bonds is 4. The number of amides is 1. The number of carbonyl (C=O) groups excluding carboxylic acids is 1. The van der Waals surface area contributed by atoms with Crippen LogP contribution in [0.25, 0.3) is 16.6 Å². The van der Waals surface area contributed by atoms with Crippen LogP contribution in [0.2, 0.25) is 0 Å². The van der Waals surface area contributed by atoms with Crippen LogP contribution in [0.5, 0.6) is 0 Å². The summed E-state index contributed by atoms with van der Waals surface area (Å²) in [6, 6.07) is 6.13. The van der Waals surface area contributed by atoms with Crippen molar-refractivity contribution < 1.29 is 14.0 Å². The molecule has 1 amide bonds. The van der Waals surface area contributed by atoms with E-state index in [2.05, 4.69) is 4.98 Å². The minimum Gasteiger partial charge on any atom is -0.274 e. The number of benzene rings is 1. The van der Waals surface area contributed by atoms with E-state index < -0.39 is 0 Å². The van der Waals surface area contributed by atoms with Gasteiger partial charge in [0.2, 0.25) is 0 Å². The summed E-state index contributed by atoms with van der Waals surface area (Å²) in [5.41, 5.74) is 1.52. The summed E-state index contributed by atoms with van der Waals surface area (Å²) in [7, 11) is 2.94. The number of likely N-dealkylation sites (N-methyl/N-ethyl adjacent to an activating group) is 1. The van der Waals surface area contributed by atoms with Crippen molar-refractivity contribution >= 4 is 23.3 Å². The molecule has 2 rings (SSSR count). The van der Waals surface area contributed by atoms with Gasteiger partial charge in [0.1, 0.15) is 10.8 Å². The van der Waals surface area contributed by atoms with Crippen LogP contribution in [0.4, 0.5) is 4.39 Å². The van der Waals surface area contributed by atoms with E-state index in [0.29, 0.717) is 5.69 Å². The van der Waals surface area contributed by atoms with E-state index in [1.807, 2.05) is 5.38 Å². The van der Waals surface area contributed by atoms with Gasteiger partial charge in [-0.1, -0.05) is 0 Å². The number of aromatic nitrogens is 1. The fraction of sp³-hybridized carbons (Fsp3) is 0.143. The first kappa shape index (κ1) is 14.4. The van der Waals surface area contributed by atoms with Crippen LogP contribution in [0.3, 0.4) is 0 Å². The molecule has 1 aromatic carbocycles. The third kappa shape index (κ3) is 3.49. The molecule has 2 aromatic rings. The zero-order valence-electron chi connectivity index (χ0n) is 11.0. The second-order valence-corrected chi connectivity index (χ2v) is 4.79. The van der Waals surface area contributed by atoms with E-state index >= 15 is 0 Å². The van der Waals surface area contributed by atoms with Crippen LogP contribution in [0.15, 0.2) is 35.7 Å². The molecular weight excluding hydrogens is 279 g/mol. The SMILES string of the molecule is CON(C)C(=O)C=Cc1csc(-c2ccc(F)cc2)n1. The van der Waals surface area contributed by atoms with Gasteiger partial charge in [-0.05, 0) is 30.3 Å². The van der Waals surface area contributed by atoms with Crippen molar-refractivity contribution in [3.8, 4) is 10.6 Å². The standard InChI is InChI=1S/C14H13FN2O2S/c1-17(19-2)13(18)8-7-12-9-20-14(16-12)10-3-5-11(15)6-4-10/h3-9H,1-2H3. The molecule has 1 heterocycles. The van der Waals surface area contributed by atoms with Gasteiger partial charge in [-0.15, -0.1) is 11.3 Å². The molecule has 1 aromatic heterocycles. The molecule has 0 fully saturated rings. The zero-order chi connectivity index (χ0) is 14.5. The molecular formula is C14H13FN2O2S. The molecule has 0 aliphatic carbocycles. The van der Waals surface area contributed by atoms with Gasteiger partial charge in [0.15, 0.2) is 0 Å². The average Bonchev–Trinajstić information content (AvgIpc) is 2.93. The van der Waals surface area contributed by atoms with Crippen LogP contribution in [-0.4, -0.2) is 30.1 Å². The number of thiazole rings is 1. The van der Waals surface area contributed by atoms with Crippen molar-refractivity contribution in [2.45, 2.75) is 0 Å². The first-order valence-corrected chi connectivity index (χ1v) is 6.69. The van der Waals surface area contributed by atoms with E-state index in [0.717, 1.165) is 15.6 Å². The van der Waals surface area contributed by atoms with Crippen LogP contribution >= 0.6 is 11.3 Å². The third-order valence-corrected chi connectivity index (χ3v) is 3.50. The highest BCUT2D eigenvalue weighted by molar-refractivity contribution is 7.13. The molecule has 6 heteroatoms. The largest absolute Gasteiger partial charge is 0.274 e. The molecule has 0 saturated heterocycles. The van der Waals surface area contributed by atoms with Crippen molar-refractivity contribution in [3.05, 3.63) is 47.2 Å². The maximum absolute atomic E-state index is 12.8. The van der Waals surface area contributed by atoms with Gasteiger partial charge >= 0.3 is 0 Å². The normalized spacial score (nSPS) is 10.9. The Morgan fingerprint density at radius 2 is 2.10 bits per heavy atom. The maximum atomic E-state index is 12.8. The number of nitrogens with zero attached hydrogens (tertiary/aromatic N) is 2. The Balaban J connectivity index is 2.11. The lowest BCUT2D eigenvalue weighted by molar-refractivity contribution is -0.162. The summed E-state index contributed by atoms with van der Waals surface area (Å²) in [4.78, 5) is 20.6. The van der Waals surface area contributed by atoms with Crippen molar-refractivity contribution in [2.75, 3.05) is 14.2 Å². The Morgan fingerprint density at radius 1 is 1.40 bits per heavy atom. The van der Waals surface area contributed by atoms with E-state index in [1.54, 1.807) is 18.2 Å². The Bertz CT molecular complexity index is 622. The second-order valence-electron chi connectivity index (χ2n) is 3.94. The quantitative estimate of drug-likeness (QED) is 0.642. The lowest BCUT2D eigenvalue weighted by atomic mass is 10.2. The van der Waals surface area contributed by atoms with Gasteiger partial charge in [-0.25, -0.2) is 14.4 Å². The molecule has 0 N–H and O–H groups in total. The molecule has 104 valence electrons. The number of hydrogen-bond acceptors (Lipinski definition) is 4. The minimum absolute atomic E-state index is 0.274. The van der Waals surface area contributed by atoms with Gasteiger partial charge in [0.05, 0.1) is 12.8 Å². The smallest absolute Gasteiger partial charge is 0.269 e. The Labute approximate surface area is 120 Å². The molecule has 0 aliphatic rings. The number of halogens is 1. The lowest BCUT2D eigenvalue weighted by Gasteiger charge is -2.09. The van der Waals surface area contributed by atoms with E-state index in [9.17, 15) is 9.18 Å². The Kier molecular flexibility index (Phi) is 4.60. The topological polar surface area (TPSA) is 42.4 Å². The zero-order valence-corrected chi connectivity index (χ0v) is 11.9. The summed E-state index contributed by atoms with van der Waals surface area (Å²) in [6.45, 7) is 0. The number of carbonyl (C=O) groups is 1. The lowest BCUT2D eigenvalue weighted by Crippen LogP contribution is -2.22. The molecule has 4 nitrogen and oxygen atoms in total. The van der Waals surface area contributed by atoms with E-state index in [4.69, 9.17) is 4.84 Å². The summed E-state index contributed by atoms with van der Waals surface area (Å²) < 4.78 is 12.8. The average molecular weight is 292 g/mol. The summed E-state index contributed by atoms with van der Waals surface area (Å²) in [6.07, 6.45) is 2.99. The molecule has 0 spiro atoms. The molecule has 0 radical (unpaired) electrons. The van der Waals surface area contributed by atoms with Gasteiger partial charge in [-0.2, -0.15) is 0 Å². The highest BCUT2D eigenvalue weighted by atomic mass is 32.1. The monoisotopic (exact) mass is 292 g/mol. The van der Waals surface area contributed by atoms with Gasteiger partial charge in [-0.3, -0.25) is 9.63 Å². The molecule has 0 saturated carbocycles. The fourth-order valence-electron chi connectivity index (χ4n) is 1.44. The second kappa shape index (κ2) is 6.40. The summed E-state index contributed by atoms with van der Waals surface area (Å²) in [5.74, 6) is -0.553. The summed E-state index contributed by atoms with van der Waals surface area (Å²) in [5, 5.41) is 3.72. The van der Waals surface area contributed by atoms with Crippen LogP contribution in [0, 0.1) is 5.82 Å². The van der Waals surface area contributed by atoms with Crippen LogP contribution in [-0.2, 0) is 9.63 Å². The van der Waals surface area contributed by atoms with Gasteiger partial charge in [0.25, 0.3) is 5.91 Å². The van der Waals surface area contributed by atoms with E-state index in [-0.39, 0.29) is 11.7 Å². The third-order valence-electron chi connectivity index (χ3n) is 2.59. The first-order valence-electron chi connectivity index (χ1n) is 5.81. The number of hydrogen-bond donors (Lipinski definition) is 0. The molecule has 0 unspecified atom stereocenters. The van der Waals surface area contributed by atoms with Crippen LogP contribution in [0.1, 0.15) is 5.69 Å².